The van der Waals surface area contributed by atoms with Gasteiger partial charge in [0.15, 0.2) is 0 Å². The van der Waals surface area contributed by atoms with Crippen molar-refractivity contribution in [1.29, 1.82) is 0 Å². The van der Waals surface area contributed by atoms with Gasteiger partial charge in [-0.3, -0.25) is 4.21 Å². The zero-order valence-electron chi connectivity index (χ0n) is 9.92. The third-order valence-electron chi connectivity index (χ3n) is 2.16. The maximum absolute atomic E-state index is 11.9. The molecular formula is C10H12BrNO5S2. The summed E-state index contributed by atoms with van der Waals surface area (Å²) in [5.74, 6) is -0.932. The third kappa shape index (κ3) is 4.68. The number of aromatic carboxylic acids is 1. The molecule has 0 heterocycles. The van der Waals surface area contributed by atoms with E-state index in [1.54, 1.807) is 0 Å². The van der Waals surface area contributed by atoms with E-state index in [1.807, 2.05) is 0 Å². The smallest absolute Gasteiger partial charge is 0.336 e. The summed E-state index contributed by atoms with van der Waals surface area (Å²) in [6.07, 6.45) is 1.48. The molecule has 2 N–H and O–H groups in total. The number of rotatable bonds is 6. The van der Waals surface area contributed by atoms with Crippen LogP contribution in [0.25, 0.3) is 0 Å². The number of halogens is 1. The normalized spacial score (nSPS) is 13.2. The van der Waals surface area contributed by atoms with Crippen molar-refractivity contribution in [3.63, 3.8) is 0 Å². The molecule has 0 aliphatic rings. The number of benzene rings is 1. The molecule has 0 spiro atoms. The molecule has 6 nitrogen and oxygen atoms in total. The van der Waals surface area contributed by atoms with Crippen LogP contribution in [-0.2, 0) is 20.8 Å². The van der Waals surface area contributed by atoms with Crippen molar-refractivity contribution in [1.82, 2.24) is 4.72 Å². The van der Waals surface area contributed by atoms with Crippen molar-refractivity contribution < 1.29 is 22.5 Å². The first-order chi connectivity index (χ1) is 8.74. The van der Waals surface area contributed by atoms with E-state index in [-0.39, 0.29) is 27.2 Å². The third-order valence-corrected chi connectivity index (χ3v) is 5.06. The van der Waals surface area contributed by atoms with Gasteiger partial charge < -0.3 is 5.11 Å². The van der Waals surface area contributed by atoms with Gasteiger partial charge in [-0.1, -0.05) is 0 Å². The fraction of sp³-hybridized carbons (Fsp3) is 0.300. The van der Waals surface area contributed by atoms with Gasteiger partial charge in [-0.25, -0.2) is 17.9 Å². The lowest BCUT2D eigenvalue weighted by Crippen LogP contribution is -2.27. The predicted octanol–water partition coefficient (Wildman–Crippen LogP) is 0.804. The standard InChI is InChI=1S/C10H12BrNO5S2/c1-18(15)5-4-12-19(16,17)7-2-3-8(10(13)14)9(11)6-7/h2-3,6,12H,4-5H2,1H3,(H,13,14). The van der Waals surface area contributed by atoms with Crippen LogP contribution in [0, 0.1) is 0 Å². The number of hydrogen-bond donors (Lipinski definition) is 2. The van der Waals surface area contributed by atoms with E-state index in [4.69, 9.17) is 5.11 Å². The Labute approximate surface area is 121 Å². The first-order valence-corrected chi connectivity index (χ1v) is 9.07. The van der Waals surface area contributed by atoms with Crippen LogP contribution in [-0.4, -0.2) is 42.3 Å². The largest absolute Gasteiger partial charge is 0.478 e. The topological polar surface area (TPSA) is 101 Å². The summed E-state index contributed by atoms with van der Waals surface area (Å²) in [5, 5.41) is 8.83. The van der Waals surface area contributed by atoms with Gasteiger partial charge in [-0.15, -0.1) is 0 Å². The van der Waals surface area contributed by atoms with Crippen LogP contribution >= 0.6 is 15.9 Å². The summed E-state index contributed by atoms with van der Waals surface area (Å²) in [4.78, 5) is 10.8. The molecule has 1 rings (SSSR count). The van der Waals surface area contributed by atoms with E-state index in [1.165, 1.54) is 24.5 Å². The van der Waals surface area contributed by atoms with E-state index in [2.05, 4.69) is 20.7 Å². The lowest BCUT2D eigenvalue weighted by Gasteiger charge is -2.07. The molecule has 1 aromatic rings. The summed E-state index contributed by atoms with van der Waals surface area (Å²) in [6, 6.07) is 3.63. The summed E-state index contributed by atoms with van der Waals surface area (Å²) in [7, 11) is -4.81. The van der Waals surface area contributed by atoms with E-state index in [0.717, 1.165) is 0 Å². The fourth-order valence-corrected chi connectivity index (χ4v) is 3.52. The Morgan fingerprint density at radius 2 is 2.11 bits per heavy atom. The number of carbonyl (C=O) groups is 1. The number of nitrogens with one attached hydrogen (secondary N) is 1. The first-order valence-electron chi connectivity index (χ1n) is 5.06. The number of carboxylic acid groups (broad SMARTS) is 1. The monoisotopic (exact) mass is 369 g/mol. The van der Waals surface area contributed by atoms with Crippen molar-refractivity contribution in [3.8, 4) is 0 Å². The number of carboxylic acids is 1. The molecule has 0 saturated heterocycles. The van der Waals surface area contributed by atoms with Gasteiger partial charge in [0.05, 0.1) is 10.5 Å². The Morgan fingerprint density at radius 3 is 2.58 bits per heavy atom. The molecule has 0 aliphatic heterocycles. The van der Waals surface area contributed by atoms with E-state index >= 15 is 0 Å². The number of hydrogen-bond acceptors (Lipinski definition) is 4. The molecule has 9 heteroatoms. The minimum Gasteiger partial charge on any atom is -0.478 e. The van der Waals surface area contributed by atoms with Crippen molar-refractivity contribution in [2.75, 3.05) is 18.6 Å². The van der Waals surface area contributed by atoms with Gasteiger partial charge >= 0.3 is 5.97 Å². The molecule has 0 fully saturated rings. The quantitative estimate of drug-likeness (QED) is 0.772. The SMILES string of the molecule is CS(=O)CCNS(=O)(=O)c1ccc(C(=O)O)c(Br)c1. The molecule has 0 saturated carbocycles. The van der Waals surface area contributed by atoms with Crippen LogP contribution < -0.4 is 4.72 Å². The lowest BCUT2D eigenvalue weighted by atomic mass is 10.2. The Morgan fingerprint density at radius 1 is 1.47 bits per heavy atom. The highest BCUT2D eigenvalue weighted by atomic mass is 79.9. The maximum atomic E-state index is 11.9. The molecule has 0 amide bonds. The minimum atomic E-state index is -3.73. The Hall–Kier alpha value is -0.770. The van der Waals surface area contributed by atoms with Crippen LogP contribution in [0.3, 0.4) is 0 Å². The summed E-state index contributed by atoms with van der Waals surface area (Å²) >= 11 is 3.01. The van der Waals surface area contributed by atoms with E-state index in [0.29, 0.717) is 0 Å². The van der Waals surface area contributed by atoms with Gasteiger partial charge in [0, 0.05) is 33.8 Å². The summed E-state index contributed by atoms with van der Waals surface area (Å²) in [6.45, 7) is 0.0593. The molecule has 1 atom stereocenters. The minimum absolute atomic E-state index is 0.0198. The van der Waals surface area contributed by atoms with Gasteiger partial charge in [0.2, 0.25) is 10.0 Å². The van der Waals surface area contributed by atoms with Crippen molar-refractivity contribution in [2.45, 2.75) is 4.90 Å². The molecule has 0 aromatic heterocycles. The second-order valence-electron chi connectivity index (χ2n) is 3.62. The lowest BCUT2D eigenvalue weighted by molar-refractivity contribution is 0.0695. The zero-order valence-corrected chi connectivity index (χ0v) is 13.1. The molecular weight excluding hydrogens is 358 g/mol. The Balaban J connectivity index is 2.93. The fourth-order valence-electron chi connectivity index (χ4n) is 1.24. The van der Waals surface area contributed by atoms with Crippen LogP contribution in [0.5, 0.6) is 0 Å². The van der Waals surface area contributed by atoms with Crippen molar-refractivity contribution >= 4 is 42.7 Å². The van der Waals surface area contributed by atoms with Crippen molar-refractivity contribution in [3.05, 3.63) is 28.2 Å². The van der Waals surface area contributed by atoms with Crippen LogP contribution in [0.15, 0.2) is 27.6 Å². The highest BCUT2D eigenvalue weighted by molar-refractivity contribution is 9.10. The van der Waals surface area contributed by atoms with Crippen LogP contribution in [0.4, 0.5) is 0 Å². The Kier molecular flexibility index (Phi) is 5.65. The van der Waals surface area contributed by atoms with Crippen molar-refractivity contribution in [2.24, 2.45) is 0 Å². The van der Waals surface area contributed by atoms with Crippen LogP contribution in [0.1, 0.15) is 10.4 Å². The number of sulfonamides is 1. The molecule has 0 radical (unpaired) electrons. The molecule has 1 aromatic carbocycles. The summed E-state index contributed by atoms with van der Waals surface area (Å²) < 4.78 is 37.1. The average Bonchev–Trinajstić information content (AvgIpc) is 2.27. The molecule has 1 unspecified atom stereocenters. The van der Waals surface area contributed by atoms with Crippen LogP contribution in [0.2, 0.25) is 0 Å². The van der Waals surface area contributed by atoms with Gasteiger partial charge in [0.25, 0.3) is 0 Å². The van der Waals surface area contributed by atoms with Gasteiger partial charge in [-0.2, -0.15) is 0 Å². The molecule has 19 heavy (non-hydrogen) atoms. The molecule has 0 aliphatic carbocycles. The van der Waals surface area contributed by atoms with E-state index in [9.17, 15) is 17.4 Å². The highest BCUT2D eigenvalue weighted by Crippen LogP contribution is 2.21. The Bertz CT molecular complexity index is 614. The predicted molar refractivity (Wildman–Crippen MR) is 75.2 cm³/mol. The first kappa shape index (κ1) is 16.3. The highest BCUT2D eigenvalue weighted by Gasteiger charge is 2.17. The summed E-state index contributed by atoms with van der Waals surface area (Å²) in [5.41, 5.74) is -0.0198. The zero-order chi connectivity index (χ0) is 14.6. The maximum Gasteiger partial charge on any atom is 0.336 e. The second kappa shape index (κ2) is 6.60. The second-order valence-corrected chi connectivity index (χ2v) is 7.80. The van der Waals surface area contributed by atoms with E-state index < -0.39 is 26.8 Å². The molecule has 106 valence electrons. The molecule has 0 bridgehead atoms. The van der Waals surface area contributed by atoms with Gasteiger partial charge in [-0.05, 0) is 34.1 Å². The average molecular weight is 370 g/mol. The van der Waals surface area contributed by atoms with Gasteiger partial charge in [0.1, 0.15) is 0 Å².